The lowest BCUT2D eigenvalue weighted by atomic mass is 10.2. The minimum absolute atomic E-state index is 0.200. The third-order valence-electron chi connectivity index (χ3n) is 3.35. The predicted octanol–water partition coefficient (Wildman–Crippen LogP) is 3.07. The summed E-state index contributed by atoms with van der Waals surface area (Å²) in [5.74, 6) is -0.441. The van der Waals surface area contributed by atoms with Gasteiger partial charge in [-0.2, -0.15) is 5.10 Å². The van der Waals surface area contributed by atoms with Crippen molar-refractivity contribution in [1.82, 2.24) is 24.6 Å². The Labute approximate surface area is 150 Å². The number of pyridine rings is 2. The molecule has 4 heterocycles. The topological polar surface area (TPSA) is 94.3 Å². The van der Waals surface area contributed by atoms with E-state index < -0.39 is 11.7 Å². The highest BCUT2D eigenvalue weighted by molar-refractivity contribution is 7.13. The number of aromatic nitrogens is 5. The first-order valence-electron chi connectivity index (χ1n) is 7.44. The maximum Gasteiger partial charge on any atom is 0.261 e. The monoisotopic (exact) mass is 370 g/mol. The molecule has 0 aromatic carbocycles. The second kappa shape index (κ2) is 6.48. The highest BCUT2D eigenvalue weighted by Crippen LogP contribution is 2.25. The van der Waals surface area contributed by atoms with Crippen molar-refractivity contribution in [3.8, 4) is 11.5 Å². The van der Waals surface area contributed by atoms with Crippen LogP contribution in [0.2, 0.25) is 0 Å². The molecule has 0 unspecified atom stereocenters. The maximum atomic E-state index is 13.3. The molecule has 1 amide bonds. The molecule has 0 atom stereocenters. The summed E-state index contributed by atoms with van der Waals surface area (Å²) in [6.45, 7) is 1.84. The Morgan fingerprint density at radius 3 is 2.96 bits per heavy atom. The minimum Gasteiger partial charge on any atom is -0.454 e. The Morgan fingerprint density at radius 1 is 1.31 bits per heavy atom. The van der Waals surface area contributed by atoms with E-state index in [0.29, 0.717) is 10.8 Å². The molecule has 0 radical (unpaired) electrons. The number of carbonyl (C=O) groups excluding carboxylic acids is 1. The van der Waals surface area contributed by atoms with Crippen LogP contribution in [0.5, 0.6) is 11.5 Å². The predicted molar refractivity (Wildman–Crippen MR) is 92.1 cm³/mol. The van der Waals surface area contributed by atoms with E-state index in [1.165, 1.54) is 46.7 Å². The molecule has 4 rings (SSSR count). The summed E-state index contributed by atoms with van der Waals surface area (Å²) in [6.07, 6.45) is 5.31. The van der Waals surface area contributed by atoms with Gasteiger partial charge in [0.1, 0.15) is 23.6 Å². The third-order valence-corrected chi connectivity index (χ3v) is 4.23. The number of hydrogen-bond donors (Lipinski definition) is 1. The highest BCUT2D eigenvalue weighted by atomic mass is 32.1. The summed E-state index contributed by atoms with van der Waals surface area (Å²) in [4.78, 5) is 24.7. The molecule has 0 saturated heterocycles. The summed E-state index contributed by atoms with van der Waals surface area (Å²) in [5, 5.41) is 9.07. The first-order chi connectivity index (χ1) is 12.6. The Morgan fingerprint density at radius 2 is 2.19 bits per heavy atom. The van der Waals surface area contributed by atoms with E-state index in [9.17, 15) is 9.18 Å². The van der Waals surface area contributed by atoms with Crippen molar-refractivity contribution < 1.29 is 13.9 Å². The minimum atomic E-state index is -0.526. The first-order valence-corrected chi connectivity index (χ1v) is 8.32. The lowest BCUT2D eigenvalue weighted by Gasteiger charge is -2.09. The highest BCUT2D eigenvalue weighted by Gasteiger charge is 2.17. The van der Waals surface area contributed by atoms with Crippen molar-refractivity contribution in [2.45, 2.75) is 6.92 Å². The molecule has 0 fully saturated rings. The zero-order valence-electron chi connectivity index (χ0n) is 13.4. The van der Waals surface area contributed by atoms with Gasteiger partial charge in [-0.15, -0.1) is 11.3 Å². The van der Waals surface area contributed by atoms with Crippen LogP contribution in [0.4, 0.5) is 9.52 Å². The van der Waals surface area contributed by atoms with Crippen LogP contribution in [0.15, 0.2) is 42.4 Å². The molecule has 26 heavy (non-hydrogen) atoms. The Kier molecular flexibility index (Phi) is 4.01. The van der Waals surface area contributed by atoms with Gasteiger partial charge in [0.15, 0.2) is 10.8 Å². The van der Waals surface area contributed by atoms with Gasteiger partial charge in [-0.3, -0.25) is 15.1 Å². The number of ether oxygens (including phenoxy) is 1. The number of fused-ring (bicyclic) bond motifs is 1. The van der Waals surface area contributed by atoms with Crippen molar-refractivity contribution in [1.29, 1.82) is 0 Å². The zero-order chi connectivity index (χ0) is 18.1. The smallest absolute Gasteiger partial charge is 0.261 e. The van der Waals surface area contributed by atoms with E-state index in [1.54, 1.807) is 0 Å². The molecular formula is C16H11FN6O2S. The van der Waals surface area contributed by atoms with Gasteiger partial charge >= 0.3 is 0 Å². The van der Waals surface area contributed by atoms with E-state index >= 15 is 0 Å². The van der Waals surface area contributed by atoms with Crippen LogP contribution in [-0.2, 0) is 0 Å². The number of halogens is 1. The van der Waals surface area contributed by atoms with Gasteiger partial charge in [0.25, 0.3) is 5.91 Å². The second-order valence-electron chi connectivity index (χ2n) is 5.31. The molecule has 8 nitrogen and oxygen atoms in total. The molecule has 0 spiro atoms. The van der Waals surface area contributed by atoms with Crippen molar-refractivity contribution >= 4 is 28.0 Å². The van der Waals surface area contributed by atoms with Crippen LogP contribution in [0, 0.1) is 12.7 Å². The van der Waals surface area contributed by atoms with Gasteiger partial charge in [0, 0.05) is 11.4 Å². The number of anilines is 1. The van der Waals surface area contributed by atoms with Crippen molar-refractivity contribution in [2.24, 2.45) is 0 Å². The second-order valence-corrected chi connectivity index (χ2v) is 6.16. The van der Waals surface area contributed by atoms with Crippen LogP contribution in [0.1, 0.15) is 16.1 Å². The van der Waals surface area contributed by atoms with Crippen LogP contribution < -0.4 is 10.1 Å². The number of carbonyl (C=O) groups is 1. The Bertz CT molecular complexity index is 1110. The number of nitrogens with one attached hydrogen (secondary N) is 1. The van der Waals surface area contributed by atoms with Gasteiger partial charge in [0.05, 0.1) is 29.8 Å². The maximum absolute atomic E-state index is 13.3. The van der Waals surface area contributed by atoms with Crippen LogP contribution in [0.3, 0.4) is 0 Å². The van der Waals surface area contributed by atoms with Crippen LogP contribution in [0.25, 0.3) is 5.65 Å². The number of thiazole rings is 1. The van der Waals surface area contributed by atoms with Crippen LogP contribution in [-0.4, -0.2) is 30.5 Å². The van der Waals surface area contributed by atoms with Gasteiger partial charge in [-0.25, -0.2) is 18.9 Å². The summed E-state index contributed by atoms with van der Waals surface area (Å²) >= 11 is 1.32. The van der Waals surface area contributed by atoms with E-state index in [4.69, 9.17) is 4.74 Å². The van der Waals surface area contributed by atoms with E-state index in [2.05, 4.69) is 25.4 Å². The van der Waals surface area contributed by atoms with Gasteiger partial charge in [0.2, 0.25) is 0 Å². The number of rotatable bonds is 4. The van der Waals surface area contributed by atoms with E-state index in [-0.39, 0.29) is 17.1 Å². The molecule has 0 bridgehead atoms. The van der Waals surface area contributed by atoms with Gasteiger partial charge in [-0.05, 0) is 13.0 Å². The normalized spacial score (nSPS) is 10.8. The molecular weight excluding hydrogens is 359 g/mol. The number of nitrogens with zero attached hydrogens (tertiary/aromatic N) is 5. The molecule has 0 aliphatic carbocycles. The number of amides is 1. The van der Waals surface area contributed by atoms with E-state index in [1.807, 2.05) is 12.3 Å². The molecule has 0 aliphatic heterocycles. The van der Waals surface area contributed by atoms with Gasteiger partial charge in [-0.1, -0.05) is 0 Å². The fraction of sp³-hybridized carbons (Fsp3) is 0.0625. The van der Waals surface area contributed by atoms with Crippen molar-refractivity contribution in [3.05, 3.63) is 59.5 Å². The standard InChI is InChI=1S/C16H11FN6O2S/c1-9-7-26-16(21-9)22-15(24)13-3-12(6-23-14(13)19-8-20-23)25-11-2-10(17)4-18-5-11/h2-8H,1H3,(H,21,22,24). The number of aryl methyl sites for hydroxylation is 1. The van der Waals surface area contributed by atoms with Crippen molar-refractivity contribution in [2.75, 3.05) is 5.32 Å². The average molecular weight is 370 g/mol. The first kappa shape index (κ1) is 16.1. The zero-order valence-corrected chi connectivity index (χ0v) is 14.2. The molecule has 0 saturated carbocycles. The lowest BCUT2D eigenvalue weighted by Crippen LogP contribution is -2.14. The molecule has 0 aliphatic rings. The molecule has 1 N–H and O–H groups in total. The van der Waals surface area contributed by atoms with E-state index in [0.717, 1.165) is 11.9 Å². The molecule has 4 aromatic rings. The largest absolute Gasteiger partial charge is 0.454 e. The fourth-order valence-electron chi connectivity index (χ4n) is 2.29. The van der Waals surface area contributed by atoms with Gasteiger partial charge < -0.3 is 4.74 Å². The Hall–Kier alpha value is -3.40. The fourth-order valence-corrected chi connectivity index (χ4v) is 2.97. The summed E-state index contributed by atoms with van der Waals surface area (Å²) < 4.78 is 20.3. The summed E-state index contributed by atoms with van der Waals surface area (Å²) in [7, 11) is 0. The summed E-state index contributed by atoms with van der Waals surface area (Å²) in [5.41, 5.74) is 1.42. The average Bonchev–Trinajstić information content (AvgIpc) is 3.23. The lowest BCUT2D eigenvalue weighted by molar-refractivity contribution is 0.102. The van der Waals surface area contributed by atoms with Crippen molar-refractivity contribution in [3.63, 3.8) is 0 Å². The third kappa shape index (κ3) is 3.22. The molecule has 10 heteroatoms. The SMILES string of the molecule is Cc1csc(NC(=O)c2cc(Oc3cncc(F)c3)cn3ncnc23)n1. The molecule has 4 aromatic heterocycles. The molecule has 130 valence electrons. The summed E-state index contributed by atoms with van der Waals surface area (Å²) in [6, 6.07) is 2.70. The van der Waals surface area contributed by atoms with Crippen LogP contribution >= 0.6 is 11.3 Å². The number of hydrogen-bond acceptors (Lipinski definition) is 7. The Balaban J connectivity index is 1.69. The quantitative estimate of drug-likeness (QED) is 0.593.